The van der Waals surface area contributed by atoms with Gasteiger partial charge in [-0.05, 0) is 73.7 Å². The van der Waals surface area contributed by atoms with Crippen LogP contribution in [0.25, 0.3) is 0 Å². The van der Waals surface area contributed by atoms with Crippen LogP contribution in [-0.4, -0.2) is 43.5 Å². The summed E-state index contributed by atoms with van der Waals surface area (Å²) < 4.78 is 106. The number of rotatable bonds is 11. The van der Waals surface area contributed by atoms with Gasteiger partial charge in [-0.1, -0.05) is 29.3 Å². The molecule has 0 radical (unpaired) electrons. The van der Waals surface area contributed by atoms with Crippen molar-refractivity contribution in [2.75, 3.05) is 35.1 Å². The molecule has 0 aliphatic rings. The molecule has 0 aromatic heterocycles. The zero-order valence-corrected chi connectivity index (χ0v) is 26.8. The first kappa shape index (κ1) is 34.4. The molecule has 0 saturated carbocycles. The predicted octanol–water partition coefficient (Wildman–Crippen LogP) is 6.32. The number of aryl methyl sites for hydroxylation is 1. The topological polar surface area (TPSA) is 131 Å². The third kappa shape index (κ3) is 7.84. The number of methoxy groups -OCH3 is 2. The molecule has 46 heavy (non-hydrogen) atoms. The largest absolute Gasteiger partial charge is 0.497 e. The lowest BCUT2D eigenvalue weighted by Crippen LogP contribution is -2.38. The van der Waals surface area contributed by atoms with Crippen LogP contribution in [0, 0.1) is 6.92 Å². The molecule has 4 aromatic rings. The van der Waals surface area contributed by atoms with Crippen LogP contribution in [0.3, 0.4) is 0 Å². The van der Waals surface area contributed by atoms with Gasteiger partial charge >= 0.3 is 6.18 Å². The number of nitrogens with zero attached hydrogens (tertiary/aromatic N) is 1. The lowest BCUT2D eigenvalue weighted by Gasteiger charge is -2.26. The fraction of sp³-hybridized carbons (Fsp3) is 0.167. The van der Waals surface area contributed by atoms with Crippen molar-refractivity contribution in [1.82, 2.24) is 0 Å². The second-order valence-corrected chi connectivity index (χ2v) is 13.7. The lowest BCUT2D eigenvalue weighted by atomic mass is 10.2. The van der Waals surface area contributed by atoms with Crippen molar-refractivity contribution in [3.8, 4) is 11.5 Å². The number of carbonyl (C=O) groups excluding carboxylic acids is 1. The molecule has 4 aromatic carbocycles. The van der Waals surface area contributed by atoms with E-state index in [4.69, 9.17) is 21.1 Å². The summed E-state index contributed by atoms with van der Waals surface area (Å²) in [4.78, 5) is 12.8. The maximum atomic E-state index is 13.8. The molecule has 0 fully saturated rings. The molecular formula is C30H27ClF3N3O7S2. The zero-order valence-electron chi connectivity index (χ0n) is 24.4. The third-order valence-electron chi connectivity index (χ3n) is 6.52. The number of ether oxygens (including phenoxy) is 2. The minimum atomic E-state index is -4.80. The van der Waals surface area contributed by atoms with Crippen LogP contribution in [0.15, 0.2) is 94.7 Å². The molecule has 0 unspecified atom stereocenters. The van der Waals surface area contributed by atoms with Gasteiger partial charge in [0.25, 0.3) is 20.0 Å². The van der Waals surface area contributed by atoms with Gasteiger partial charge in [0.2, 0.25) is 5.91 Å². The van der Waals surface area contributed by atoms with Crippen molar-refractivity contribution in [1.29, 1.82) is 0 Å². The first-order valence-electron chi connectivity index (χ1n) is 13.2. The van der Waals surface area contributed by atoms with E-state index in [1.807, 2.05) is 0 Å². The van der Waals surface area contributed by atoms with Gasteiger partial charge < -0.3 is 14.8 Å². The molecule has 244 valence electrons. The molecule has 0 bridgehead atoms. The van der Waals surface area contributed by atoms with Gasteiger partial charge in [0, 0.05) is 17.4 Å². The highest BCUT2D eigenvalue weighted by Gasteiger charge is 2.34. The summed E-state index contributed by atoms with van der Waals surface area (Å²) in [5, 5.41) is 1.94. The summed E-state index contributed by atoms with van der Waals surface area (Å²) in [6, 6.07) is 17.7. The SMILES string of the molecule is COc1ccc(N(CC(=O)Nc2ccc(S(=O)(=O)Nc3ccc(Cl)c(C(F)(F)F)c3)cc2)S(=O)(=O)c2ccc(C)cc2)c(OC)c1. The van der Waals surface area contributed by atoms with Crippen LogP contribution < -0.4 is 23.8 Å². The molecular weight excluding hydrogens is 671 g/mol. The summed E-state index contributed by atoms with van der Waals surface area (Å²) in [6.07, 6.45) is -4.80. The van der Waals surface area contributed by atoms with E-state index in [2.05, 4.69) is 10.0 Å². The number of alkyl halides is 3. The summed E-state index contributed by atoms with van der Waals surface area (Å²) in [6.45, 7) is 1.10. The highest BCUT2D eigenvalue weighted by Crippen LogP contribution is 2.37. The van der Waals surface area contributed by atoms with Crippen LogP contribution in [0.4, 0.5) is 30.2 Å². The number of halogens is 4. The molecule has 0 spiro atoms. The zero-order chi connectivity index (χ0) is 33.9. The van der Waals surface area contributed by atoms with Crippen molar-refractivity contribution in [3.05, 3.63) is 101 Å². The van der Waals surface area contributed by atoms with E-state index in [0.717, 1.165) is 34.1 Å². The Morgan fingerprint density at radius 2 is 1.43 bits per heavy atom. The molecule has 0 heterocycles. The second kappa shape index (κ2) is 13.5. The van der Waals surface area contributed by atoms with Crippen molar-refractivity contribution in [2.45, 2.75) is 22.9 Å². The molecule has 0 aliphatic heterocycles. The van der Waals surface area contributed by atoms with E-state index in [1.165, 1.54) is 56.7 Å². The van der Waals surface area contributed by atoms with Gasteiger partial charge in [-0.2, -0.15) is 13.2 Å². The van der Waals surface area contributed by atoms with Gasteiger partial charge in [0.15, 0.2) is 0 Å². The number of sulfonamides is 2. The highest BCUT2D eigenvalue weighted by atomic mass is 35.5. The smallest absolute Gasteiger partial charge is 0.417 e. The number of carbonyl (C=O) groups is 1. The van der Waals surface area contributed by atoms with Gasteiger partial charge in [0.1, 0.15) is 18.0 Å². The number of nitrogens with one attached hydrogen (secondary N) is 2. The van der Waals surface area contributed by atoms with Crippen molar-refractivity contribution in [3.63, 3.8) is 0 Å². The summed E-state index contributed by atoms with van der Waals surface area (Å²) in [5.74, 6) is -0.268. The number of benzene rings is 4. The average Bonchev–Trinajstić information content (AvgIpc) is 3.00. The average molecular weight is 698 g/mol. The standard InChI is InChI=1S/C30H27ClF3N3O7S2/c1-19-4-10-24(11-5-19)46(41,42)37(27-15-9-22(43-2)17-28(27)44-3)18-29(38)35-20-6-12-23(13-7-20)45(39,40)36-21-8-14-26(31)25(16-21)30(32,33)34/h4-17,36H,18H2,1-3H3,(H,35,38). The number of amides is 1. The fourth-order valence-electron chi connectivity index (χ4n) is 4.20. The number of hydrogen-bond acceptors (Lipinski definition) is 7. The summed E-state index contributed by atoms with van der Waals surface area (Å²) in [5.41, 5.74) is -0.576. The van der Waals surface area contributed by atoms with Crippen molar-refractivity contribution >= 4 is 54.6 Å². The second-order valence-electron chi connectivity index (χ2n) is 9.73. The number of anilines is 3. The normalized spacial score (nSPS) is 11.9. The Labute approximate surface area is 268 Å². The molecule has 0 atom stereocenters. The van der Waals surface area contributed by atoms with E-state index < -0.39 is 49.3 Å². The van der Waals surface area contributed by atoms with Crippen LogP contribution in [-0.2, 0) is 31.0 Å². The first-order valence-corrected chi connectivity index (χ1v) is 16.5. The van der Waals surface area contributed by atoms with Crippen LogP contribution in [0.1, 0.15) is 11.1 Å². The van der Waals surface area contributed by atoms with E-state index >= 15 is 0 Å². The van der Waals surface area contributed by atoms with Crippen LogP contribution in [0.2, 0.25) is 5.02 Å². The summed E-state index contributed by atoms with van der Waals surface area (Å²) in [7, 11) is -5.87. The quantitative estimate of drug-likeness (QED) is 0.188. The van der Waals surface area contributed by atoms with Gasteiger partial charge in [-0.25, -0.2) is 16.8 Å². The molecule has 2 N–H and O–H groups in total. The predicted molar refractivity (Wildman–Crippen MR) is 168 cm³/mol. The monoisotopic (exact) mass is 697 g/mol. The minimum Gasteiger partial charge on any atom is -0.497 e. The molecule has 1 amide bonds. The summed E-state index contributed by atoms with van der Waals surface area (Å²) >= 11 is 5.60. The molecule has 0 saturated heterocycles. The van der Waals surface area contributed by atoms with Gasteiger partial charge in [-0.15, -0.1) is 0 Å². The van der Waals surface area contributed by atoms with Crippen LogP contribution in [0.5, 0.6) is 11.5 Å². The van der Waals surface area contributed by atoms with E-state index in [-0.39, 0.29) is 32.6 Å². The van der Waals surface area contributed by atoms with Gasteiger partial charge in [-0.3, -0.25) is 13.8 Å². The van der Waals surface area contributed by atoms with Crippen molar-refractivity contribution in [2.24, 2.45) is 0 Å². The Bertz CT molecular complexity index is 1960. The van der Waals surface area contributed by atoms with Crippen LogP contribution >= 0.6 is 11.6 Å². The fourth-order valence-corrected chi connectivity index (χ4v) is 6.90. The molecule has 0 aliphatic carbocycles. The first-order chi connectivity index (χ1) is 21.5. The maximum Gasteiger partial charge on any atom is 0.417 e. The highest BCUT2D eigenvalue weighted by molar-refractivity contribution is 7.93. The Morgan fingerprint density at radius 1 is 0.826 bits per heavy atom. The molecule has 16 heteroatoms. The number of hydrogen-bond donors (Lipinski definition) is 2. The molecule has 4 rings (SSSR count). The van der Waals surface area contributed by atoms with E-state index in [1.54, 1.807) is 19.1 Å². The van der Waals surface area contributed by atoms with Gasteiger partial charge in [0.05, 0.1) is 40.3 Å². The Morgan fingerprint density at radius 3 is 2.02 bits per heavy atom. The van der Waals surface area contributed by atoms with E-state index in [0.29, 0.717) is 11.8 Å². The Hall–Kier alpha value is -4.47. The van der Waals surface area contributed by atoms with Crippen molar-refractivity contribution < 1.29 is 44.3 Å². The minimum absolute atomic E-state index is 0.0578. The lowest BCUT2D eigenvalue weighted by molar-refractivity contribution is -0.137. The third-order valence-corrected chi connectivity index (χ3v) is 10.0. The molecule has 10 nitrogen and oxygen atoms in total. The Kier molecular flexibility index (Phi) is 10.1. The Balaban J connectivity index is 1.57. The maximum absolute atomic E-state index is 13.8. The van der Waals surface area contributed by atoms with E-state index in [9.17, 15) is 34.8 Å².